The van der Waals surface area contributed by atoms with E-state index < -0.39 is 0 Å². The van der Waals surface area contributed by atoms with Gasteiger partial charge in [0.15, 0.2) is 0 Å². The number of carbonyl (C=O) groups excluding carboxylic acids is 1. The highest BCUT2D eigenvalue weighted by atomic mass is 16.1. The Labute approximate surface area is 147 Å². The minimum Gasteiger partial charge on any atom is -0.304 e. The number of hydrogen-bond acceptors (Lipinski definition) is 1. The maximum Gasteiger partial charge on any atom is 0.116 e. The number of benzene rings is 1. The number of aryl methyl sites for hydroxylation is 2. The zero-order valence-electron chi connectivity index (χ0n) is 17.8. The summed E-state index contributed by atoms with van der Waals surface area (Å²) in [5.74, 6) is 0. The highest BCUT2D eigenvalue weighted by molar-refractivity contribution is 5.44. The van der Waals surface area contributed by atoms with Gasteiger partial charge in [-0.15, -0.1) is 0 Å². The Morgan fingerprint density at radius 2 is 1.22 bits per heavy atom. The molecule has 0 aliphatic carbocycles. The van der Waals surface area contributed by atoms with Crippen LogP contribution in [0.2, 0.25) is 0 Å². The van der Waals surface area contributed by atoms with E-state index in [1.54, 1.807) is 5.56 Å². The monoisotopic (exact) mass is 324 g/mol. The zero-order valence-corrected chi connectivity index (χ0v) is 17.8. The van der Waals surface area contributed by atoms with Crippen LogP contribution in [0.1, 0.15) is 97.8 Å². The molecule has 0 N–H and O–H groups in total. The Balaban J connectivity index is -0.000000171. The third-order valence-electron chi connectivity index (χ3n) is 2.92. The largest absolute Gasteiger partial charge is 0.304 e. The van der Waals surface area contributed by atoms with Gasteiger partial charge in [-0.05, 0) is 50.3 Å². The molecule has 1 aromatic carbocycles. The molecule has 1 aromatic rings. The number of unbranched alkanes of at least 4 members (excludes halogenated alkanes) is 3. The molecule has 0 atom stereocenters. The Morgan fingerprint density at radius 3 is 1.57 bits per heavy atom. The first kappa shape index (κ1) is 29.8. The highest BCUT2D eigenvalue weighted by Gasteiger charge is 2.00. The Hall–Kier alpha value is -1.11. The molecular formula is C22H44O. The summed E-state index contributed by atoms with van der Waals surface area (Å²) < 4.78 is 0. The summed E-state index contributed by atoms with van der Waals surface area (Å²) in [5, 5.41) is 0. The van der Waals surface area contributed by atoms with Gasteiger partial charge < -0.3 is 4.79 Å². The molecule has 0 saturated heterocycles. The van der Waals surface area contributed by atoms with E-state index in [1.807, 2.05) is 41.5 Å². The summed E-state index contributed by atoms with van der Waals surface area (Å²) in [6.07, 6.45) is 7.44. The summed E-state index contributed by atoms with van der Waals surface area (Å²) in [5.41, 5.74) is 4.49. The lowest BCUT2D eigenvalue weighted by Crippen LogP contribution is -1.93. The quantitative estimate of drug-likeness (QED) is 0.400. The van der Waals surface area contributed by atoms with Gasteiger partial charge in [0.2, 0.25) is 0 Å². The molecule has 0 unspecified atom stereocenters. The van der Waals surface area contributed by atoms with Crippen molar-refractivity contribution in [3.8, 4) is 0 Å². The lowest BCUT2D eigenvalue weighted by molar-refractivity contribution is -0.106. The topological polar surface area (TPSA) is 17.1 Å². The fraction of sp³-hybridized carbons (Fsp3) is 0.682. The summed E-state index contributed by atoms with van der Waals surface area (Å²) >= 11 is 0. The van der Waals surface area contributed by atoms with Crippen molar-refractivity contribution in [2.75, 3.05) is 0 Å². The normalized spacial score (nSPS) is 7.74. The zero-order chi connectivity index (χ0) is 19.1. The number of carbonyl (C=O) groups is 1. The van der Waals surface area contributed by atoms with E-state index >= 15 is 0 Å². The van der Waals surface area contributed by atoms with E-state index in [2.05, 4.69) is 39.0 Å². The van der Waals surface area contributed by atoms with Gasteiger partial charge >= 0.3 is 0 Å². The maximum atomic E-state index is 8.81. The van der Waals surface area contributed by atoms with E-state index in [4.69, 9.17) is 4.79 Å². The van der Waals surface area contributed by atoms with Crippen molar-refractivity contribution in [2.45, 2.75) is 101 Å². The van der Waals surface area contributed by atoms with Gasteiger partial charge in [0.1, 0.15) is 6.29 Å². The van der Waals surface area contributed by atoms with E-state index in [9.17, 15) is 0 Å². The third-order valence-corrected chi connectivity index (χ3v) is 2.92. The van der Waals surface area contributed by atoms with Crippen molar-refractivity contribution in [1.82, 2.24) is 0 Å². The van der Waals surface area contributed by atoms with Gasteiger partial charge in [0.05, 0.1) is 0 Å². The van der Waals surface area contributed by atoms with Gasteiger partial charge in [-0.3, -0.25) is 0 Å². The molecule has 0 aromatic heterocycles. The van der Waals surface area contributed by atoms with E-state index in [0.717, 1.165) is 6.29 Å². The molecule has 1 rings (SSSR count). The number of aldehydes is 1. The van der Waals surface area contributed by atoms with Crippen LogP contribution in [-0.2, 0) is 11.2 Å². The fourth-order valence-corrected chi connectivity index (χ4v) is 1.97. The van der Waals surface area contributed by atoms with Crippen LogP contribution < -0.4 is 0 Å². The first-order chi connectivity index (χ1) is 11.2. The van der Waals surface area contributed by atoms with Crippen molar-refractivity contribution >= 4 is 6.29 Å². The maximum absolute atomic E-state index is 8.81. The molecule has 0 fully saturated rings. The molecule has 23 heavy (non-hydrogen) atoms. The van der Waals surface area contributed by atoms with Gasteiger partial charge in [-0.2, -0.15) is 0 Å². The standard InChI is InChI=1S/C14H22.C2H4O.3C2H6/c1-4-5-6-7-11-14-12(2)9-8-10-13(14)3;1-2-3;3*1-2/h8-10H,4-7,11H2,1-3H3;2H,1H3;3*1-2H3. The lowest BCUT2D eigenvalue weighted by atomic mass is 9.97. The van der Waals surface area contributed by atoms with Crippen molar-refractivity contribution in [2.24, 2.45) is 0 Å². The van der Waals surface area contributed by atoms with Gasteiger partial charge in [-0.1, -0.05) is 85.9 Å². The van der Waals surface area contributed by atoms with Crippen LogP contribution in [0.15, 0.2) is 18.2 Å². The Kier molecular flexibility index (Phi) is 37.6. The summed E-state index contributed by atoms with van der Waals surface area (Å²) in [7, 11) is 0. The second-order valence-electron chi connectivity index (χ2n) is 4.42. The van der Waals surface area contributed by atoms with E-state index in [0.29, 0.717) is 0 Å². The van der Waals surface area contributed by atoms with Crippen LogP contribution in [0.5, 0.6) is 0 Å². The molecule has 138 valence electrons. The van der Waals surface area contributed by atoms with Crippen molar-refractivity contribution < 1.29 is 4.79 Å². The van der Waals surface area contributed by atoms with Gasteiger partial charge in [-0.25, -0.2) is 0 Å². The molecule has 1 nitrogen and oxygen atoms in total. The second-order valence-corrected chi connectivity index (χ2v) is 4.42. The first-order valence-corrected chi connectivity index (χ1v) is 9.62. The number of hydrogen-bond donors (Lipinski definition) is 0. The smallest absolute Gasteiger partial charge is 0.116 e. The van der Waals surface area contributed by atoms with Gasteiger partial charge in [0, 0.05) is 0 Å². The molecule has 0 aliphatic rings. The predicted octanol–water partition coefficient (Wildman–Crippen LogP) is 7.71. The fourth-order valence-electron chi connectivity index (χ4n) is 1.97. The van der Waals surface area contributed by atoms with Crippen LogP contribution in [0.25, 0.3) is 0 Å². The molecule has 0 saturated carbocycles. The average Bonchev–Trinajstić information content (AvgIpc) is 2.60. The number of rotatable bonds is 5. The van der Waals surface area contributed by atoms with Crippen molar-refractivity contribution in [3.05, 3.63) is 34.9 Å². The van der Waals surface area contributed by atoms with Crippen LogP contribution in [0.3, 0.4) is 0 Å². The first-order valence-electron chi connectivity index (χ1n) is 9.62. The van der Waals surface area contributed by atoms with Gasteiger partial charge in [0.25, 0.3) is 0 Å². The molecule has 0 bridgehead atoms. The molecule has 0 spiro atoms. The minimum atomic E-state index is 0.750. The van der Waals surface area contributed by atoms with Crippen LogP contribution in [0.4, 0.5) is 0 Å². The lowest BCUT2D eigenvalue weighted by Gasteiger charge is -2.08. The Bertz CT molecular complexity index is 295. The summed E-state index contributed by atoms with van der Waals surface area (Å²) in [6, 6.07) is 6.60. The van der Waals surface area contributed by atoms with Crippen LogP contribution >= 0.6 is 0 Å². The molecule has 0 radical (unpaired) electrons. The van der Waals surface area contributed by atoms with Crippen molar-refractivity contribution in [1.29, 1.82) is 0 Å². The van der Waals surface area contributed by atoms with Crippen LogP contribution in [0, 0.1) is 13.8 Å². The molecule has 1 heteroatoms. The molecule has 0 heterocycles. The SMILES string of the molecule is CC.CC.CC.CC=O.CCCCCCc1c(C)cccc1C. The summed E-state index contributed by atoms with van der Waals surface area (Å²) in [6.45, 7) is 20.2. The molecular weight excluding hydrogens is 280 g/mol. The van der Waals surface area contributed by atoms with Crippen LogP contribution in [-0.4, -0.2) is 6.29 Å². The predicted molar refractivity (Wildman–Crippen MR) is 110 cm³/mol. The Morgan fingerprint density at radius 1 is 0.826 bits per heavy atom. The van der Waals surface area contributed by atoms with Crippen molar-refractivity contribution in [3.63, 3.8) is 0 Å². The minimum absolute atomic E-state index is 0.750. The molecule has 0 amide bonds. The average molecular weight is 325 g/mol. The summed E-state index contributed by atoms with van der Waals surface area (Å²) in [4.78, 5) is 8.81. The molecule has 0 aliphatic heterocycles. The highest BCUT2D eigenvalue weighted by Crippen LogP contribution is 2.16. The van der Waals surface area contributed by atoms with E-state index in [1.165, 1.54) is 50.2 Å². The second kappa shape index (κ2) is 29.0. The van der Waals surface area contributed by atoms with E-state index in [-0.39, 0.29) is 0 Å². The third kappa shape index (κ3) is 20.9.